The lowest BCUT2D eigenvalue weighted by Gasteiger charge is -2.09. The van der Waals surface area contributed by atoms with Gasteiger partial charge in [0.1, 0.15) is 9.84 Å². The van der Waals surface area contributed by atoms with Gasteiger partial charge in [-0.3, -0.25) is 10.1 Å². The number of anilines is 2. The SMILES string of the molecule is CCCNc1cc(NCCS(C)(=O)=O)cc([N+](=O)[O-])c1. The van der Waals surface area contributed by atoms with Gasteiger partial charge < -0.3 is 10.6 Å². The highest BCUT2D eigenvalue weighted by Gasteiger charge is 2.10. The van der Waals surface area contributed by atoms with Crippen LogP contribution in [0.2, 0.25) is 0 Å². The van der Waals surface area contributed by atoms with Crippen molar-refractivity contribution in [2.45, 2.75) is 13.3 Å². The van der Waals surface area contributed by atoms with Crippen molar-refractivity contribution in [3.63, 3.8) is 0 Å². The van der Waals surface area contributed by atoms with E-state index in [9.17, 15) is 18.5 Å². The Morgan fingerprint density at radius 2 is 1.70 bits per heavy atom. The monoisotopic (exact) mass is 301 g/mol. The largest absolute Gasteiger partial charge is 0.385 e. The highest BCUT2D eigenvalue weighted by atomic mass is 32.2. The van der Waals surface area contributed by atoms with Crippen molar-refractivity contribution in [1.29, 1.82) is 0 Å². The predicted octanol–water partition coefficient (Wildman–Crippen LogP) is 1.87. The van der Waals surface area contributed by atoms with Crippen LogP contribution in [-0.4, -0.2) is 38.4 Å². The summed E-state index contributed by atoms with van der Waals surface area (Å²) in [6, 6.07) is 4.57. The van der Waals surface area contributed by atoms with E-state index in [-0.39, 0.29) is 18.0 Å². The van der Waals surface area contributed by atoms with E-state index in [2.05, 4.69) is 10.6 Å². The average Bonchev–Trinajstić information content (AvgIpc) is 2.34. The second kappa shape index (κ2) is 7.09. The highest BCUT2D eigenvalue weighted by Crippen LogP contribution is 2.24. The summed E-state index contributed by atoms with van der Waals surface area (Å²) in [6.45, 7) is 2.92. The molecule has 0 atom stereocenters. The number of hydrogen-bond acceptors (Lipinski definition) is 6. The number of nitrogens with zero attached hydrogens (tertiary/aromatic N) is 1. The molecule has 0 spiro atoms. The molecule has 0 amide bonds. The summed E-state index contributed by atoms with van der Waals surface area (Å²) in [5, 5.41) is 16.8. The molecule has 0 aliphatic carbocycles. The van der Waals surface area contributed by atoms with Gasteiger partial charge in [-0.25, -0.2) is 8.42 Å². The van der Waals surface area contributed by atoms with Crippen LogP contribution >= 0.6 is 0 Å². The fraction of sp³-hybridized carbons (Fsp3) is 0.500. The van der Waals surface area contributed by atoms with Crippen LogP contribution in [0.1, 0.15) is 13.3 Å². The average molecular weight is 301 g/mol. The van der Waals surface area contributed by atoms with E-state index < -0.39 is 14.8 Å². The minimum atomic E-state index is -3.06. The zero-order valence-electron chi connectivity index (χ0n) is 11.5. The van der Waals surface area contributed by atoms with Crippen LogP contribution < -0.4 is 10.6 Å². The zero-order chi connectivity index (χ0) is 15.2. The van der Waals surface area contributed by atoms with Gasteiger partial charge in [-0.2, -0.15) is 0 Å². The number of sulfone groups is 1. The first-order valence-electron chi connectivity index (χ1n) is 6.27. The minimum Gasteiger partial charge on any atom is -0.385 e. The second-order valence-electron chi connectivity index (χ2n) is 4.51. The fourth-order valence-electron chi connectivity index (χ4n) is 1.57. The number of nitro groups is 1. The molecule has 0 saturated heterocycles. The molecule has 0 aliphatic rings. The van der Waals surface area contributed by atoms with Gasteiger partial charge in [0.05, 0.1) is 10.7 Å². The molecule has 1 aromatic rings. The number of hydrogen-bond donors (Lipinski definition) is 2. The van der Waals surface area contributed by atoms with Crippen LogP contribution in [0.3, 0.4) is 0 Å². The minimum absolute atomic E-state index is 0.0204. The lowest BCUT2D eigenvalue weighted by Crippen LogP contribution is -2.14. The Morgan fingerprint density at radius 1 is 1.15 bits per heavy atom. The van der Waals surface area contributed by atoms with E-state index in [1.54, 1.807) is 6.07 Å². The normalized spacial score (nSPS) is 11.1. The van der Waals surface area contributed by atoms with Crippen molar-refractivity contribution in [2.75, 3.05) is 35.7 Å². The lowest BCUT2D eigenvalue weighted by atomic mass is 10.2. The molecule has 0 aliphatic heterocycles. The smallest absolute Gasteiger partial charge is 0.273 e. The van der Waals surface area contributed by atoms with E-state index in [1.165, 1.54) is 12.1 Å². The molecule has 1 rings (SSSR count). The maximum absolute atomic E-state index is 11.0. The standard InChI is InChI=1S/C12H19N3O4S/c1-3-4-13-10-7-11(9-12(8-10)15(16)17)14-5-6-20(2,18)19/h7-9,13-14H,3-6H2,1-2H3. The van der Waals surface area contributed by atoms with Crippen molar-refractivity contribution in [3.05, 3.63) is 28.3 Å². The predicted molar refractivity (Wildman–Crippen MR) is 80.1 cm³/mol. The molecule has 0 unspecified atom stereocenters. The van der Waals surface area contributed by atoms with E-state index in [0.717, 1.165) is 12.7 Å². The van der Waals surface area contributed by atoms with Gasteiger partial charge in [0.25, 0.3) is 5.69 Å². The van der Waals surface area contributed by atoms with E-state index in [0.29, 0.717) is 17.9 Å². The van der Waals surface area contributed by atoms with E-state index in [1.807, 2.05) is 6.92 Å². The lowest BCUT2D eigenvalue weighted by molar-refractivity contribution is -0.384. The molecular weight excluding hydrogens is 282 g/mol. The van der Waals surface area contributed by atoms with Gasteiger partial charge in [0.2, 0.25) is 0 Å². The van der Waals surface area contributed by atoms with Gasteiger partial charge in [0, 0.05) is 42.9 Å². The molecule has 0 saturated carbocycles. The molecule has 0 aromatic heterocycles. The summed E-state index contributed by atoms with van der Waals surface area (Å²) < 4.78 is 22.1. The fourth-order valence-corrected chi connectivity index (χ4v) is 2.04. The Balaban J connectivity index is 2.82. The third-order valence-corrected chi connectivity index (χ3v) is 3.46. The van der Waals surface area contributed by atoms with Crippen LogP contribution in [0.15, 0.2) is 18.2 Å². The van der Waals surface area contributed by atoms with Gasteiger partial charge in [-0.1, -0.05) is 6.92 Å². The van der Waals surface area contributed by atoms with Crippen LogP contribution in [0, 0.1) is 10.1 Å². The molecule has 0 bridgehead atoms. The Morgan fingerprint density at radius 3 is 2.15 bits per heavy atom. The first kappa shape index (κ1) is 16.2. The Labute approximate surface area is 118 Å². The van der Waals surface area contributed by atoms with Crippen LogP contribution in [0.5, 0.6) is 0 Å². The molecule has 0 fully saturated rings. The van der Waals surface area contributed by atoms with Crippen molar-refractivity contribution in [1.82, 2.24) is 0 Å². The number of nitro benzene ring substituents is 1. The Kier molecular flexibility index (Phi) is 5.75. The van der Waals surface area contributed by atoms with Crippen molar-refractivity contribution >= 4 is 26.9 Å². The quantitative estimate of drug-likeness (QED) is 0.561. The molecule has 0 heterocycles. The third-order valence-electron chi connectivity index (χ3n) is 2.51. The number of non-ortho nitro benzene ring substituents is 1. The molecule has 8 heteroatoms. The van der Waals surface area contributed by atoms with Crippen molar-refractivity contribution < 1.29 is 13.3 Å². The van der Waals surface area contributed by atoms with Crippen LogP contribution in [0.25, 0.3) is 0 Å². The van der Waals surface area contributed by atoms with Crippen molar-refractivity contribution in [2.24, 2.45) is 0 Å². The van der Waals surface area contributed by atoms with Gasteiger partial charge in [0.15, 0.2) is 0 Å². The second-order valence-corrected chi connectivity index (χ2v) is 6.77. The summed E-state index contributed by atoms with van der Waals surface area (Å²) in [5.41, 5.74) is 1.14. The van der Waals surface area contributed by atoms with Crippen LogP contribution in [0.4, 0.5) is 17.1 Å². The molecule has 1 aromatic carbocycles. The maximum Gasteiger partial charge on any atom is 0.273 e. The molecule has 7 nitrogen and oxygen atoms in total. The zero-order valence-corrected chi connectivity index (χ0v) is 12.4. The summed E-state index contributed by atoms with van der Waals surface area (Å²) in [7, 11) is -3.06. The van der Waals surface area contributed by atoms with Gasteiger partial charge >= 0.3 is 0 Å². The Bertz CT molecular complexity index is 572. The Hall–Kier alpha value is -1.83. The molecular formula is C12H19N3O4S. The highest BCUT2D eigenvalue weighted by molar-refractivity contribution is 7.90. The molecule has 112 valence electrons. The summed E-state index contributed by atoms with van der Waals surface area (Å²) in [6.07, 6.45) is 2.05. The van der Waals surface area contributed by atoms with Crippen molar-refractivity contribution in [3.8, 4) is 0 Å². The summed E-state index contributed by atoms with van der Waals surface area (Å²) in [4.78, 5) is 10.4. The van der Waals surface area contributed by atoms with Gasteiger partial charge in [-0.15, -0.1) is 0 Å². The third kappa shape index (κ3) is 5.87. The summed E-state index contributed by atoms with van der Waals surface area (Å²) in [5.74, 6) is -0.0204. The van der Waals surface area contributed by atoms with Crippen LogP contribution in [-0.2, 0) is 9.84 Å². The number of benzene rings is 1. The van der Waals surface area contributed by atoms with Gasteiger partial charge in [-0.05, 0) is 12.5 Å². The number of nitrogens with one attached hydrogen (secondary N) is 2. The van der Waals surface area contributed by atoms with E-state index in [4.69, 9.17) is 0 Å². The van der Waals surface area contributed by atoms with E-state index >= 15 is 0 Å². The number of rotatable bonds is 8. The summed E-state index contributed by atoms with van der Waals surface area (Å²) >= 11 is 0. The topological polar surface area (TPSA) is 101 Å². The molecule has 2 N–H and O–H groups in total. The molecule has 0 radical (unpaired) electrons. The first-order valence-corrected chi connectivity index (χ1v) is 8.33. The maximum atomic E-state index is 11.0. The first-order chi connectivity index (χ1) is 9.31. The molecule has 20 heavy (non-hydrogen) atoms.